The standard InChI is InChI=1S/C24H34FOP/c1-7-27(8-2)15-24(26)20-11-17(5)22(18(6)12-20)14-19-9-10-23(25)21(13-19)16(3)4/h9-13,16,24,26H,7-8,14-15H2,1-6H3. The van der Waals surface area contributed by atoms with Gasteiger partial charge in [0, 0.05) is 0 Å². The Hall–Kier alpha value is -1.24. The Morgan fingerprint density at radius 1 is 1.00 bits per heavy atom. The van der Waals surface area contributed by atoms with E-state index in [9.17, 15) is 9.50 Å². The van der Waals surface area contributed by atoms with Gasteiger partial charge in [0.1, 0.15) is 5.82 Å². The largest absolute Gasteiger partial charge is 0.388 e. The highest BCUT2D eigenvalue weighted by atomic mass is 31.1. The fraction of sp³-hybridized carbons (Fsp3) is 0.500. The minimum atomic E-state index is -0.374. The Kier molecular flexibility index (Phi) is 8.01. The summed E-state index contributed by atoms with van der Waals surface area (Å²) in [4.78, 5) is 0. The summed E-state index contributed by atoms with van der Waals surface area (Å²) < 4.78 is 14.0. The smallest absolute Gasteiger partial charge is 0.126 e. The number of benzene rings is 2. The second-order valence-electron chi connectivity index (χ2n) is 7.82. The third-order valence-corrected chi connectivity index (χ3v) is 8.14. The molecule has 3 heteroatoms. The molecule has 2 aromatic carbocycles. The van der Waals surface area contributed by atoms with Crippen LogP contribution < -0.4 is 0 Å². The van der Waals surface area contributed by atoms with Crippen LogP contribution >= 0.6 is 7.92 Å². The summed E-state index contributed by atoms with van der Waals surface area (Å²) >= 11 is 0. The van der Waals surface area contributed by atoms with E-state index < -0.39 is 0 Å². The van der Waals surface area contributed by atoms with Crippen LogP contribution in [0.3, 0.4) is 0 Å². The van der Waals surface area contributed by atoms with Gasteiger partial charge in [-0.05, 0) is 84.1 Å². The van der Waals surface area contributed by atoms with Gasteiger partial charge in [0.15, 0.2) is 0 Å². The number of aliphatic hydroxyl groups is 1. The number of hydrogen-bond donors (Lipinski definition) is 1. The van der Waals surface area contributed by atoms with Gasteiger partial charge in [-0.15, -0.1) is 7.92 Å². The van der Waals surface area contributed by atoms with Gasteiger partial charge in [-0.3, -0.25) is 0 Å². The highest BCUT2D eigenvalue weighted by Gasteiger charge is 2.16. The normalized spacial score (nSPS) is 12.8. The Balaban J connectivity index is 2.26. The quantitative estimate of drug-likeness (QED) is 0.498. The average molecular weight is 389 g/mol. The molecule has 0 bridgehead atoms. The summed E-state index contributed by atoms with van der Waals surface area (Å²) in [5.41, 5.74) is 6.64. The van der Waals surface area contributed by atoms with Crippen LogP contribution in [0.4, 0.5) is 4.39 Å². The van der Waals surface area contributed by atoms with Crippen molar-refractivity contribution in [2.45, 2.75) is 60.0 Å². The van der Waals surface area contributed by atoms with Gasteiger partial charge in [-0.1, -0.05) is 52.0 Å². The fourth-order valence-corrected chi connectivity index (χ4v) is 5.34. The lowest BCUT2D eigenvalue weighted by molar-refractivity contribution is 0.202. The molecule has 2 rings (SSSR count). The molecule has 1 unspecified atom stereocenters. The number of aryl methyl sites for hydroxylation is 2. The van der Waals surface area contributed by atoms with Crippen LogP contribution in [0.1, 0.15) is 73.1 Å². The molecule has 0 saturated heterocycles. The second kappa shape index (κ2) is 9.80. The third-order valence-electron chi connectivity index (χ3n) is 5.49. The molecule has 148 valence electrons. The molecule has 2 aromatic rings. The first kappa shape index (κ1) is 22.1. The van der Waals surface area contributed by atoms with Crippen molar-refractivity contribution in [3.63, 3.8) is 0 Å². The molecule has 1 nitrogen and oxygen atoms in total. The van der Waals surface area contributed by atoms with Crippen LogP contribution in [0, 0.1) is 19.7 Å². The minimum Gasteiger partial charge on any atom is -0.388 e. The van der Waals surface area contributed by atoms with Gasteiger partial charge in [0.2, 0.25) is 0 Å². The summed E-state index contributed by atoms with van der Waals surface area (Å²) in [5, 5.41) is 10.7. The molecule has 0 heterocycles. The van der Waals surface area contributed by atoms with Crippen molar-refractivity contribution in [1.82, 2.24) is 0 Å². The lowest BCUT2D eigenvalue weighted by atomic mass is 9.91. The number of hydrogen-bond acceptors (Lipinski definition) is 1. The van der Waals surface area contributed by atoms with Crippen LogP contribution in [-0.2, 0) is 6.42 Å². The molecule has 0 saturated carbocycles. The minimum absolute atomic E-state index is 0.0846. The van der Waals surface area contributed by atoms with Gasteiger partial charge in [0.25, 0.3) is 0 Å². The summed E-state index contributed by atoms with van der Waals surface area (Å²) in [6.45, 7) is 12.7. The zero-order valence-corrected chi connectivity index (χ0v) is 18.5. The maximum absolute atomic E-state index is 14.0. The van der Waals surface area contributed by atoms with E-state index in [4.69, 9.17) is 0 Å². The van der Waals surface area contributed by atoms with Gasteiger partial charge >= 0.3 is 0 Å². The molecule has 0 aliphatic carbocycles. The van der Waals surface area contributed by atoms with E-state index in [0.29, 0.717) is 0 Å². The molecule has 0 aliphatic rings. The van der Waals surface area contributed by atoms with Crippen molar-refractivity contribution in [3.05, 3.63) is 69.5 Å². The molecule has 0 radical (unpaired) electrons. The molecule has 0 fully saturated rings. The first-order valence-electron chi connectivity index (χ1n) is 10.1. The monoisotopic (exact) mass is 388 g/mol. The van der Waals surface area contributed by atoms with Crippen molar-refractivity contribution in [2.24, 2.45) is 0 Å². The van der Waals surface area contributed by atoms with Crippen molar-refractivity contribution in [1.29, 1.82) is 0 Å². The summed E-state index contributed by atoms with van der Waals surface area (Å²) in [5.74, 6) is 0.0562. The Bertz CT molecular complexity index is 742. The molecule has 27 heavy (non-hydrogen) atoms. The first-order chi connectivity index (χ1) is 12.8. The average Bonchev–Trinajstić information content (AvgIpc) is 2.63. The maximum atomic E-state index is 14.0. The number of aliphatic hydroxyl groups excluding tert-OH is 1. The third kappa shape index (κ3) is 5.62. The van der Waals surface area contributed by atoms with Crippen molar-refractivity contribution < 1.29 is 9.50 Å². The van der Waals surface area contributed by atoms with Crippen molar-refractivity contribution in [3.8, 4) is 0 Å². The second-order valence-corrected chi connectivity index (χ2v) is 10.8. The molecule has 1 N–H and O–H groups in total. The SMILES string of the molecule is CCP(CC)CC(O)c1cc(C)c(Cc2ccc(F)c(C(C)C)c2)c(C)c1. The summed E-state index contributed by atoms with van der Waals surface area (Å²) in [6, 6.07) is 9.75. The van der Waals surface area contributed by atoms with Crippen LogP contribution in [0.5, 0.6) is 0 Å². The first-order valence-corrected chi connectivity index (χ1v) is 11.9. The molecule has 0 aromatic heterocycles. The number of rotatable bonds is 8. The van der Waals surface area contributed by atoms with E-state index in [1.165, 1.54) is 29.0 Å². The van der Waals surface area contributed by atoms with E-state index in [1.807, 2.05) is 26.0 Å². The van der Waals surface area contributed by atoms with Crippen LogP contribution in [-0.4, -0.2) is 23.6 Å². The Labute approximate surface area is 165 Å². The van der Waals surface area contributed by atoms with Crippen molar-refractivity contribution in [2.75, 3.05) is 18.5 Å². The zero-order chi connectivity index (χ0) is 20.1. The Morgan fingerprint density at radius 3 is 2.11 bits per heavy atom. The van der Waals surface area contributed by atoms with Crippen LogP contribution in [0.15, 0.2) is 30.3 Å². The lowest BCUT2D eigenvalue weighted by Crippen LogP contribution is -2.07. The van der Waals surface area contributed by atoms with Gasteiger partial charge in [0.05, 0.1) is 6.10 Å². The molecule has 0 spiro atoms. The van der Waals surface area contributed by atoms with E-state index in [1.54, 1.807) is 6.07 Å². The Morgan fingerprint density at radius 2 is 1.59 bits per heavy atom. The lowest BCUT2D eigenvalue weighted by Gasteiger charge is -2.21. The van der Waals surface area contributed by atoms with Crippen LogP contribution in [0.2, 0.25) is 0 Å². The van der Waals surface area contributed by atoms with Gasteiger partial charge in [-0.2, -0.15) is 0 Å². The van der Waals surface area contributed by atoms with Gasteiger partial charge in [-0.25, -0.2) is 4.39 Å². The highest BCUT2D eigenvalue weighted by molar-refractivity contribution is 7.57. The topological polar surface area (TPSA) is 20.2 Å². The molecular formula is C24H34FOP. The summed E-state index contributed by atoms with van der Waals surface area (Å²) in [7, 11) is -0.0846. The predicted molar refractivity (Wildman–Crippen MR) is 117 cm³/mol. The molecule has 0 aliphatic heterocycles. The van der Waals surface area contributed by atoms with Gasteiger partial charge < -0.3 is 5.11 Å². The molecular weight excluding hydrogens is 354 g/mol. The van der Waals surface area contributed by atoms with Crippen molar-refractivity contribution >= 4 is 7.92 Å². The number of halogens is 1. The van der Waals surface area contributed by atoms with Crippen LogP contribution in [0.25, 0.3) is 0 Å². The molecule has 1 atom stereocenters. The van der Waals surface area contributed by atoms with E-state index in [0.717, 1.165) is 29.3 Å². The maximum Gasteiger partial charge on any atom is 0.126 e. The van der Waals surface area contributed by atoms with E-state index in [-0.39, 0.29) is 25.8 Å². The summed E-state index contributed by atoms with van der Waals surface area (Å²) in [6.07, 6.45) is 3.64. The van der Waals surface area contributed by atoms with E-state index in [2.05, 4.69) is 39.8 Å². The van der Waals surface area contributed by atoms with E-state index >= 15 is 0 Å². The zero-order valence-electron chi connectivity index (χ0n) is 17.6. The fourth-order valence-electron chi connectivity index (χ4n) is 3.68. The predicted octanol–water partition coefficient (Wildman–Crippen LogP) is 6.71. The molecule has 0 amide bonds. The highest BCUT2D eigenvalue weighted by Crippen LogP contribution is 2.39.